The summed E-state index contributed by atoms with van der Waals surface area (Å²) >= 11 is 0. The fraction of sp³-hybridized carbons (Fsp3) is 0.571. The van der Waals surface area contributed by atoms with Crippen molar-refractivity contribution in [2.75, 3.05) is 13.1 Å². The van der Waals surface area contributed by atoms with Gasteiger partial charge in [0.2, 0.25) is 0 Å². The highest BCUT2D eigenvalue weighted by Crippen LogP contribution is 2.37. The molecule has 2 heterocycles. The molecule has 1 saturated heterocycles. The number of phenolic OH excluding ortho intramolecular Hbond substituents is 1. The maximum absolute atomic E-state index is 12.3. The maximum atomic E-state index is 12.3. The lowest BCUT2D eigenvalue weighted by molar-refractivity contribution is 0.183. The van der Waals surface area contributed by atoms with Gasteiger partial charge in [0.15, 0.2) is 0 Å². The third-order valence-corrected chi connectivity index (χ3v) is 6.07. The molecule has 4 nitrogen and oxygen atoms in total. The fourth-order valence-corrected chi connectivity index (χ4v) is 4.39. The first-order chi connectivity index (χ1) is 12.0. The number of fused-ring (bicyclic) bond motifs is 3. The molecule has 1 aromatic carbocycles. The molecule has 4 heteroatoms. The Morgan fingerprint density at radius 1 is 1.20 bits per heavy atom. The van der Waals surface area contributed by atoms with Crippen LogP contribution in [0.15, 0.2) is 15.3 Å². The molecular formula is C21H27NO3. The number of nitrogens with zero attached hydrogens (tertiary/aromatic N) is 1. The average Bonchev–Trinajstić information content (AvgIpc) is 2.60. The minimum absolute atomic E-state index is 0.223. The first-order valence-electron chi connectivity index (χ1n) is 9.57. The van der Waals surface area contributed by atoms with Gasteiger partial charge >= 0.3 is 5.63 Å². The lowest BCUT2D eigenvalue weighted by Gasteiger charge is -2.31. The van der Waals surface area contributed by atoms with Gasteiger partial charge in [-0.25, -0.2) is 4.79 Å². The molecular weight excluding hydrogens is 314 g/mol. The van der Waals surface area contributed by atoms with Crippen LogP contribution in [-0.4, -0.2) is 23.1 Å². The summed E-state index contributed by atoms with van der Waals surface area (Å²) in [5.74, 6) is 1.12. The van der Waals surface area contributed by atoms with Crippen molar-refractivity contribution in [1.29, 1.82) is 0 Å². The summed E-state index contributed by atoms with van der Waals surface area (Å²) in [6.07, 6.45) is 6.15. The monoisotopic (exact) mass is 341 g/mol. The standard InChI is InChI=1S/C21H27NO3/c1-13-7-9-22(10-8-13)12-17-14(2)11-18-19(20(17)23)15-5-3-4-6-16(15)21(24)25-18/h11,13,23H,3-10,12H2,1-2H3. The first kappa shape index (κ1) is 16.6. The van der Waals surface area contributed by atoms with Gasteiger partial charge in [-0.1, -0.05) is 6.92 Å². The van der Waals surface area contributed by atoms with E-state index >= 15 is 0 Å². The second kappa shape index (κ2) is 6.49. The quantitative estimate of drug-likeness (QED) is 0.841. The van der Waals surface area contributed by atoms with Crippen LogP contribution in [0.25, 0.3) is 11.0 Å². The number of aromatic hydroxyl groups is 1. The van der Waals surface area contributed by atoms with Crippen LogP contribution in [-0.2, 0) is 19.4 Å². The molecule has 0 unspecified atom stereocenters. The van der Waals surface area contributed by atoms with E-state index in [2.05, 4.69) is 11.8 Å². The smallest absolute Gasteiger partial charge is 0.339 e. The summed E-state index contributed by atoms with van der Waals surface area (Å²) in [5, 5.41) is 11.8. The Labute approximate surface area is 148 Å². The Balaban J connectivity index is 1.80. The highest BCUT2D eigenvalue weighted by molar-refractivity contribution is 5.89. The van der Waals surface area contributed by atoms with E-state index in [-0.39, 0.29) is 5.63 Å². The van der Waals surface area contributed by atoms with Crippen LogP contribution in [0.5, 0.6) is 5.75 Å². The lowest BCUT2D eigenvalue weighted by Crippen LogP contribution is -2.32. The van der Waals surface area contributed by atoms with Crippen LogP contribution < -0.4 is 5.63 Å². The van der Waals surface area contributed by atoms with Crippen LogP contribution >= 0.6 is 0 Å². The lowest BCUT2D eigenvalue weighted by atomic mass is 9.88. The van der Waals surface area contributed by atoms with E-state index in [0.29, 0.717) is 11.3 Å². The van der Waals surface area contributed by atoms with Gasteiger partial charge in [0, 0.05) is 17.7 Å². The van der Waals surface area contributed by atoms with Gasteiger partial charge in [-0.2, -0.15) is 0 Å². The van der Waals surface area contributed by atoms with Crippen molar-refractivity contribution in [2.24, 2.45) is 5.92 Å². The summed E-state index contributed by atoms with van der Waals surface area (Å²) in [5.41, 5.74) is 4.10. The molecule has 4 rings (SSSR count). The van der Waals surface area contributed by atoms with Crippen molar-refractivity contribution >= 4 is 11.0 Å². The highest BCUT2D eigenvalue weighted by Gasteiger charge is 2.24. The molecule has 0 atom stereocenters. The number of rotatable bonds is 2. The van der Waals surface area contributed by atoms with Gasteiger partial charge < -0.3 is 9.52 Å². The van der Waals surface area contributed by atoms with Crippen LogP contribution in [0.4, 0.5) is 0 Å². The molecule has 1 fully saturated rings. The van der Waals surface area contributed by atoms with E-state index in [1.165, 1.54) is 12.8 Å². The van der Waals surface area contributed by atoms with E-state index in [1.54, 1.807) is 0 Å². The van der Waals surface area contributed by atoms with Crippen molar-refractivity contribution < 1.29 is 9.52 Å². The van der Waals surface area contributed by atoms with Gasteiger partial charge in [-0.15, -0.1) is 0 Å². The Morgan fingerprint density at radius 3 is 2.60 bits per heavy atom. The van der Waals surface area contributed by atoms with Crippen molar-refractivity contribution in [3.05, 3.63) is 38.7 Å². The van der Waals surface area contributed by atoms with Crippen LogP contribution in [0.1, 0.15) is 54.9 Å². The molecule has 1 aromatic heterocycles. The summed E-state index contributed by atoms with van der Waals surface area (Å²) in [7, 11) is 0. The van der Waals surface area contributed by atoms with E-state index < -0.39 is 0 Å². The van der Waals surface area contributed by atoms with Crippen molar-refractivity contribution in [3.63, 3.8) is 0 Å². The number of phenols is 1. The van der Waals surface area contributed by atoms with Gasteiger partial charge in [0.1, 0.15) is 11.3 Å². The summed E-state index contributed by atoms with van der Waals surface area (Å²) in [6, 6.07) is 1.94. The van der Waals surface area contributed by atoms with E-state index in [9.17, 15) is 9.90 Å². The molecule has 0 bridgehead atoms. The molecule has 2 aliphatic rings. The molecule has 1 N–H and O–H groups in total. The van der Waals surface area contributed by atoms with E-state index in [4.69, 9.17) is 4.42 Å². The van der Waals surface area contributed by atoms with Gasteiger partial charge in [0.25, 0.3) is 0 Å². The average molecular weight is 341 g/mol. The minimum Gasteiger partial charge on any atom is -0.507 e. The number of hydrogen-bond donors (Lipinski definition) is 1. The maximum Gasteiger partial charge on any atom is 0.339 e. The zero-order chi connectivity index (χ0) is 17.6. The molecule has 0 radical (unpaired) electrons. The Morgan fingerprint density at radius 2 is 1.88 bits per heavy atom. The van der Waals surface area contributed by atoms with Crippen molar-refractivity contribution in [1.82, 2.24) is 4.90 Å². The fourth-order valence-electron chi connectivity index (χ4n) is 4.39. The number of hydrogen-bond acceptors (Lipinski definition) is 4. The van der Waals surface area contributed by atoms with Gasteiger partial charge in [-0.05, 0) is 81.6 Å². The van der Waals surface area contributed by atoms with Crippen molar-refractivity contribution in [2.45, 2.75) is 58.9 Å². The van der Waals surface area contributed by atoms with Crippen LogP contribution in [0, 0.1) is 12.8 Å². The summed E-state index contributed by atoms with van der Waals surface area (Å²) in [4.78, 5) is 14.7. The third kappa shape index (κ3) is 2.97. The zero-order valence-corrected chi connectivity index (χ0v) is 15.2. The number of piperidine rings is 1. The summed E-state index contributed by atoms with van der Waals surface area (Å²) < 4.78 is 5.55. The van der Waals surface area contributed by atoms with E-state index in [1.807, 2.05) is 13.0 Å². The van der Waals surface area contributed by atoms with Crippen LogP contribution in [0.3, 0.4) is 0 Å². The summed E-state index contributed by atoms with van der Waals surface area (Å²) in [6.45, 7) is 7.25. The largest absolute Gasteiger partial charge is 0.507 e. The predicted octanol–water partition coefficient (Wildman–Crippen LogP) is 3.92. The minimum atomic E-state index is -0.223. The molecule has 1 aliphatic heterocycles. The SMILES string of the molecule is Cc1cc2oc(=O)c3c(c2c(O)c1CN1CCC(C)CC1)CCCC3. The normalized spacial score (nSPS) is 19.3. The zero-order valence-electron chi connectivity index (χ0n) is 15.2. The Hall–Kier alpha value is -1.81. The second-order valence-corrected chi connectivity index (χ2v) is 7.91. The topological polar surface area (TPSA) is 53.7 Å². The number of likely N-dealkylation sites (tertiary alicyclic amines) is 1. The van der Waals surface area contributed by atoms with Gasteiger partial charge in [0.05, 0.1) is 5.39 Å². The highest BCUT2D eigenvalue weighted by atomic mass is 16.4. The Kier molecular flexibility index (Phi) is 4.32. The first-order valence-corrected chi connectivity index (χ1v) is 9.57. The number of benzene rings is 1. The molecule has 134 valence electrons. The molecule has 0 spiro atoms. The molecule has 0 amide bonds. The molecule has 2 aromatic rings. The van der Waals surface area contributed by atoms with E-state index in [0.717, 1.165) is 78.9 Å². The van der Waals surface area contributed by atoms with Crippen molar-refractivity contribution in [3.8, 4) is 5.75 Å². The molecule has 1 aliphatic carbocycles. The predicted molar refractivity (Wildman–Crippen MR) is 99.2 cm³/mol. The number of aryl methyl sites for hydroxylation is 2. The molecule has 0 saturated carbocycles. The van der Waals surface area contributed by atoms with Crippen LogP contribution in [0.2, 0.25) is 0 Å². The molecule has 25 heavy (non-hydrogen) atoms. The Bertz CT molecular complexity index is 860. The van der Waals surface area contributed by atoms with Gasteiger partial charge in [-0.3, -0.25) is 4.90 Å². The third-order valence-electron chi connectivity index (χ3n) is 6.07. The second-order valence-electron chi connectivity index (χ2n) is 7.91.